The zero-order valence-electron chi connectivity index (χ0n) is 8.39. The molecule has 2 N–H and O–H groups in total. The molecule has 17 heavy (non-hydrogen) atoms. The summed E-state index contributed by atoms with van der Waals surface area (Å²) < 4.78 is 25.0. The lowest BCUT2D eigenvalue weighted by molar-refractivity contribution is -0.136. The first-order chi connectivity index (χ1) is 7.72. The van der Waals surface area contributed by atoms with Gasteiger partial charge in [-0.1, -0.05) is 11.6 Å². The molecule has 1 atom stereocenters. The molecule has 0 aliphatic rings. The number of rotatable bonds is 4. The van der Waals surface area contributed by atoms with Gasteiger partial charge < -0.3 is 5.11 Å². The van der Waals surface area contributed by atoms with Gasteiger partial charge in [0.25, 0.3) is 0 Å². The first-order valence-corrected chi connectivity index (χ1v) is 6.47. The predicted molar refractivity (Wildman–Crippen MR) is 61.7 cm³/mol. The fourth-order valence-electron chi connectivity index (χ4n) is 0.809. The molecule has 0 fully saturated rings. The van der Waals surface area contributed by atoms with Crippen molar-refractivity contribution in [2.75, 3.05) is 4.72 Å². The number of carboxylic acid groups (broad SMARTS) is 1. The molecule has 10 heteroatoms. The molecule has 1 aromatic heterocycles. The van der Waals surface area contributed by atoms with Crippen LogP contribution in [0.15, 0.2) is 6.07 Å². The van der Waals surface area contributed by atoms with Crippen LogP contribution in [0.25, 0.3) is 0 Å². The van der Waals surface area contributed by atoms with E-state index in [1.165, 1.54) is 0 Å². The summed E-state index contributed by atoms with van der Waals surface area (Å²) in [7, 11) is -4.10. The van der Waals surface area contributed by atoms with Crippen molar-refractivity contribution < 1.29 is 18.3 Å². The molecule has 0 radical (unpaired) electrons. The van der Waals surface area contributed by atoms with Crippen LogP contribution in [0.2, 0.25) is 10.4 Å². The van der Waals surface area contributed by atoms with Gasteiger partial charge in [0.2, 0.25) is 15.3 Å². The molecule has 0 aromatic carbocycles. The minimum atomic E-state index is -4.10. The Balaban J connectivity index is 3.02. The number of sulfonamides is 1. The Morgan fingerprint density at radius 2 is 2.06 bits per heavy atom. The van der Waals surface area contributed by atoms with E-state index in [1.807, 2.05) is 4.72 Å². The maximum atomic E-state index is 11.5. The van der Waals surface area contributed by atoms with Crippen LogP contribution in [-0.4, -0.2) is 34.7 Å². The highest BCUT2D eigenvalue weighted by molar-refractivity contribution is 7.94. The molecule has 1 rings (SSSR count). The van der Waals surface area contributed by atoms with Crippen LogP contribution in [0.1, 0.15) is 6.92 Å². The molecular formula is C7H7Cl2N3O4S. The number of carbonyl (C=O) groups is 1. The largest absolute Gasteiger partial charge is 0.480 e. The molecule has 1 aromatic rings. The second-order valence-corrected chi connectivity index (χ2v) is 5.70. The van der Waals surface area contributed by atoms with Crippen molar-refractivity contribution in [3.05, 3.63) is 16.5 Å². The van der Waals surface area contributed by atoms with Crippen LogP contribution < -0.4 is 4.72 Å². The zero-order chi connectivity index (χ0) is 13.2. The van der Waals surface area contributed by atoms with Crippen LogP contribution >= 0.6 is 23.2 Å². The van der Waals surface area contributed by atoms with Gasteiger partial charge in [-0.15, -0.1) is 0 Å². The van der Waals surface area contributed by atoms with Crippen LogP contribution in [0.3, 0.4) is 0 Å². The van der Waals surface area contributed by atoms with Gasteiger partial charge in [0.05, 0.1) is 0 Å². The topological polar surface area (TPSA) is 109 Å². The smallest absolute Gasteiger partial charge is 0.323 e. The van der Waals surface area contributed by atoms with Crippen LogP contribution in [0, 0.1) is 0 Å². The third kappa shape index (κ3) is 3.69. The Hall–Kier alpha value is -1.12. The van der Waals surface area contributed by atoms with Crippen molar-refractivity contribution >= 4 is 45.0 Å². The fraction of sp³-hybridized carbons (Fsp3) is 0.286. The summed E-state index contributed by atoms with van der Waals surface area (Å²) in [5.74, 6) is -1.67. The minimum absolute atomic E-state index is 0.0642. The van der Waals surface area contributed by atoms with Crippen molar-refractivity contribution in [1.82, 2.24) is 9.97 Å². The molecule has 7 nitrogen and oxygen atoms in total. The minimum Gasteiger partial charge on any atom is -0.480 e. The molecule has 0 spiro atoms. The highest BCUT2D eigenvalue weighted by Gasteiger charge is 2.28. The van der Waals surface area contributed by atoms with E-state index in [-0.39, 0.29) is 16.3 Å². The van der Waals surface area contributed by atoms with Gasteiger partial charge in [-0.05, 0) is 18.5 Å². The van der Waals surface area contributed by atoms with E-state index in [4.69, 9.17) is 28.3 Å². The Labute approximate surface area is 107 Å². The molecule has 94 valence electrons. The number of aromatic nitrogens is 2. The SMILES string of the molecule is CC(C(=O)O)S(=O)(=O)Nc1cc(Cl)nc(Cl)n1. The summed E-state index contributed by atoms with van der Waals surface area (Å²) >= 11 is 11.0. The molecule has 1 unspecified atom stereocenters. The first-order valence-electron chi connectivity index (χ1n) is 4.17. The van der Waals surface area contributed by atoms with Crippen molar-refractivity contribution in [1.29, 1.82) is 0 Å². The average Bonchev–Trinajstić information content (AvgIpc) is 2.13. The molecule has 1 heterocycles. The van der Waals surface area contributed by atoms with E-state index in [0.29, 0.717) is 0 Å². The number of aliphatic carboxylic acids is 1. The Kier molecular flexibility index (Phi) is 4.12. The lowest BCUT2D eigenvalue weighted by Gasteiger charge is -2.10. The van der Waals surface area contributed by atoms with Crippen LogP contribution in [-0.2, 0) is 14.8 Å². The number of hydrogen-bond donors (Lipinski definition) is 2. The van der Waals surface area contributed by atoms with E-state index in [1.54, 1.807) is 0 Å². The third-order valence-corrected chi connectivity index (χ3v) is 3.72. The lowest BCUT2D eigenvalue weighted by Crippen LogP contribution is -2.32. The number of halogens is 2. The summed E-state index contributed by atoms with van der Waals surface area (Å²) in [4.78, 5) is 17.6. The molecular weight excluding hydrogens is 293 g/mol. The third-order valence-electron chi connectivity index (χ3n) is 1.73. The number of carboxylic acids is 1. The van der Waals surface area contributed by atoms with E-state index in [0.717, 1.165) is 13.0 Å². The van der Waals surface area contributed by atoms with Crippen LogP contribution in [0.4, 0.5) is 5.82 Å². The highest BCUT2D eigenvalue weighted by Crippen LogP contribution is 2.16. The van der Waals surface area contributed by atoms with Gasteiger partial charge in [-0.3, -0.25) is 9.52 Å². The van der Waals surface area contributed by atoms with Crippen molar-refractivity contribution in [3.8, 4) is 0 Å². The molecule has 0 aliphatic heterocycles. The highest BCUT2D eigenvalue weighted by atomic mass is 35.5. The maximum Gasteiger partial charge on any atom is 0.323 e. The number of nitrogens with zero attached hydrogens (tertiary/aromatic N) is 2. The van der Waals surface area contributed by atoms with Crippen molar-refractivity contribution in [2.24, 2.45) is 0 Å². The summed E-state index contributed by atoms with van der Waals surface area (Å²) in [5, 5.41) is 6.66. The number of nitrogens with one attached hydrogen (secondary N) is 1. The summed E-state index contributed by atoms with van der Waals surface area (Å²) in [5.41, 5.74) is 0. The second-order valence-electron chi connectivity index (χ2n) is 2.97. The molecule has 0 bridgehead atoms. The van der Waals surface area contributed by atoms with Gasteiger partial charge in [-0.2, -0.15) is 4.98 Å². The quantitative estimate of drug-likeness (QED) is 0.634. The normalized spacial score (nSPS) is 13.1. The van der Waals surface area contributed by atoms with Gasteiger partial charge in [0, 0.05) is 6.07 Å². The Morgan fingerprint density at radius 1 is 1.47 bits per heavy atom. The van der Waals surface area contributed by atoms with Gasteiger partial charge in [-0.25, -0.2) is 13.4 Å². The Morgan fingerprint density at radius 3 is 2.53 bits per heavy atom. The van der Waals surface area contributed by atoms with Crippen LogP contribution in [0.5, 0.6) is 0 Å². The van der Waals surface area contributed by atoms with Crippen molar-refractivity contribution in [3.63, 3.8) is 0 Å². The van der Waals surface area contributed by atoms with Gasteiger partial charge in [0.1, 0.15) is 11.0 Å². The summed E-state index contributed by atoms with van der Waals surface area (Å²) in [6.45, 7) is 1.02. The molecule has 0 saturated heterocycles. The van der Waals surface area contributed by atoms with Crippen molar-refractivity contribution in [2.45, 2.75) is 12.2 Å². The monoisotopic (exact) mass is 299 g/mol. The standard InChI is InChI=1S/C7H7Cl2N3O4S/c1-3(6(13)14)17(15,16)12-5-2-4(8)10-7(9)11-5/h2-3H,1H3,(H,13,14)(H,10,11,12). The molecule has 0 saturated carbocycles. The summed E-state index contributed by atoms with van der Waals surface area (Å²) in [6, 6.07) is 1.11. The molecule has 0 amide bonds. The number of anilines is 1. The molecule has 0 aliphatic carbocycles. The summed E-state index contributed by atoms with van der Waals surface area (Å²) in [6.07, 6.45) is 0. The average molecular weight is 300 g/mol. The zero-order valence-corrected chi connectivity index (χ0v) is 10.7. The lowest BCUT2D eigenvalue weighted by atomic mass is 10.5. The van der Waals surface area contributed by atoms with Gasteiger partial charge >= 0.3 is 5.97 Å². The number of hydrogen-bond acceptors (Lipinski definition) is 5. The van der Waals surface area contributed by atoms with E-state index < -0.39 is 21.2 Å². The predicted octanol–water partition coefficient (Wildman–Crippen LogP) is 0.998. The maximum absolute atomic E-state index is 11.5. The van der Waals surface area contributed by atoms with E-state index in [9.17, 15) is 13.2 Å². The second kappa shape index (κ2) is 5.03. The van der Waals surface area contributed by atoms with Gasteiger partial charge in [0.15, 0.2) is 5.25 Å². The first kappa shape index (κ1) is 13.9. The Bertz CT molecular complexity index is 528. The van der Waals surface area contributed by atoms with E-state index in [2.05, 4.69) is 9.97 Å². The van der Waals surface area contributed by atoms with E-state index >= 15 is 0 Å². The fourth-order valence-corrected chi connectivity index (χ4v) is 2.06.